The maximum atomic E-state index is 12.4. The summed E-state index contributed by atoms with van der Waals surface area (Å²) in [6, 6.07) is 12.5. The van der Waals surface area contributed by atoms with Crippen LogP contribution in [0.4, 0.5) is 0 Å². The third kappa shape index (κ3) is 7.23. The van der Waals surface area contributed by atoms with Crippen LogP contribution in [0.5, 0.6) is 11.5 Å². The fourth-order valence-electron chi connectivity index (χ4n) is 2.22. The molecule has 0 heterocycles. The van der Waals surface area contributed by atoms with Gasteiger partial charge < -0.3 is 18.9 Å². The highest BCUT2D eigenvalue weighted by Gasteiger charge is 2.16. The van der Waals surface area contributed by atoms with Crippen molar-refractivity contribution in [1.82, 2.24) is 0 Å². The first-order valence-electron chi connectivity index (χ1n) is 8.99. The lowest BCUT2D eigenvalue weighted by molar-refractivity contribution is -0.141. The molecule has 0 N–H and O–H groups in total. The number of hydrogen-bond acceptors (Lipinski definition) is 8. The van der Waals surface area contributed by atoms with E-state index < -0.39 is 23.9 Å². The SMILES string of the molecule is CCOC(=O)/C=C\C(=O)OCc1ccc(OC(=O)c2ccccc2OC(C)=O)cc1. The average molecular weight is 412 g/mol. The van der Waals surface area contributed by atoms with Crippen molar-refractivity contribution in [3.63, 3.8) is 0 Å². The highest BCUT2D eigenvalue weighted by Crippen LogP contribution is 2.21. The van der Waals surface area contributed by atoms with Gasteiger partial charge in [0, 0.05) is 19.1 Å². The molecule has 0 bridgehead atoms. The van der Waals surface area contributed by atoms with Gasteiger partial charge in [-0.15, -0.1) is 0 Å². The molecule has 2 aromatic carbocycles. The summed E-state index contributed by atoms with van der Waals surface area (Å²) in [7, 11) is 0. The predicted molar refractivity (Wildman–Crippen MR) is 105 cm³/mol. The Bertz CT molecular complexity index is 944. The van der Waals surface area contributed by atoms with Crippen LogP contribution in [0.15, 0.2) is 60.7 Å². The maximum Gasteiger partial charge on any atom is 0.347 e. The van der Waals surface area contributed by atoms with Crippen molar-refractivity contribution in [2.75, 3.05) is 6.61 Å². The van der Waals surface area contributed by atoms with Gasteiger partial charge in [0.15, 0.2) is 0 Å². The summed E-state index contributed by atoms with van der Waals surface area (Å²) in [6.07, 6.45) is 1.97. The Balaban J connectivity index is 1.92. The van der Waals surface area contributed by atoms with E-state index in [1.807, 2.05) is 0 Å². The van der Waals surface area contributed by atoms with E-state index in [0.717, 1.165) is 12.2 Å². The van der Waals surface area contributed by atoms with Gasteiger partial charge in [-0.25, -0.2) is 14.4 Å². The molecule has 0 radical (unpaired) electrons. The van der Waals surface area contributed by atoms with Gasteiger partial charge in [0.25, 0.3) is 0 Å². The predicted octanol–water partition coefficient (Wildman–Crippen LogP) is 2.99. The molecule has 0 fully saturated rings. The standard InChI is InChI=1S/C22H20O8/c1-3-27-20(24)12-13-21(25)28-14-16-8-10-17(11-9-16)30-22(26)18-6-4-5-7-19(18)29-15(2)23/h4-13H,3,14H2,1-2H3/b13-12-. The van der Waals surface area contributed by atoms with E-state index in [0.29, 0.717) is 5.56 Å². The molecule has 0 aliphatic carbocycles. The lowest BCUT2D eigenvalue weighted by Crippen LogP contribution is -2.12. The van der Waals surface area contributed by atoms with Crippen LogP contribution >= 0.6 is 0 Å². The highest BCUT2D eigenvalue weighted by molar-refractivity contribution is 5.94. The summed E-state index contributed by atoms with van der Waals surface area (Å²) in [5.74, 6) is -2.19. The minimum absolute atomic E-state index is 0.0322. The second kappa shape index (κ2) is 11.2. The summed E-state index contributed by atoms with van der Waals surface area (Å²) in [4.78, 5) is 46.2. The Hall–Kier alpha value is -3.94. The Morgan fingerprint density at radius 2 is 1.47 bits per heavy atom. The van der Waals surface area contributed by atoms with Crippen LogP contribution in [0.3, 0.4) is 0 Å². The van der Waals surface area contributed by atoms with Crippen LogP contribution in [0.2, 0.25) is 0 Å². The number of benzene rings is 2. The molecule has 156 valence electrons. The fraction of sp³-hybridized carbons (Fsp3) is 0.182. The van der Waals surface area contributed by atoms with E-state index in [2.05, 4.69) is 4.74 Å². The summed E-state index contributed by atoms with van der Waals surface area (Å²) in [5, 5.41) is 0. The fourth-order valence-corrected chi connectivity index (χ4v) is 2.22. The smallest absolute Gasteiger partial charge is 0.347 e. The lowest BCUT2D eigenvalue weighted by atomic mass is 10.2. The number of hydrogen-bond donors (Lipinski definition) is 0. The van der Waals surface area contributed by atoms with Gasteiger partial charge >= 0.3 is 23.9 Å². The second-order valence-corrected chi connectivity index (χ2v) is 5.82. The van der Waals surface area contributed by atoms with Crippen molar-refractivity contribution in [1.29, 1.82) is 0 Å². The van der Waals surface area contributed by atoms with Gasteiger partial charge in [-0.2, -0.15) is 0 Å². The molecule has 2 rings (SSSR count). The molecular formula is C22H20O8. The van der Waals surface area contributed by atoms with E-state index in [1.54, 1.807) is 31.2 Å². The van der Waals surface area contributed by atoms with Gasteiger partial charge in [0.05, 0.1) is 6.61 Å². The van der Waals surface area contributed by atoms with Gasteiger partial charge in [-0.3, -0.25) is 4.79 Å². The Labute approximate surface area is 173 Å². The number of carbonyl (C=O) groups excluding carboxylic acids is 4. The molecule has 0 unspecified atom stereocenters. The van der Waals surface area contributed by atoms with E-state index in [1.165, 1.54) is 31.2 Å². The number of para-hydroxylation sites is 1. The number of carbonyl (C=O) groups is 4. The molecule has 0 aliphatic heterocycles. The molecule has 0 atom stereocenters. The van der Waals surface area contributed by atoms with Crippen LogP contribution in [-0.2, 0) is 30.5 Å². The van der Waals surface area contributed by atoms with Crippen LogP contribution in [0.25, 0.3) is 0 Å². The summed E-state index contributed by atoms with van der Waals surface area (Å²) < 4.78 is 20.0. The molecular weight excluding hydrogens is 392 g/mol. The molecule has 0 saturated carbocycles. The Morgan fingerprint density at radius 3 is 2.10 bits per heavy atom. The monoisotopic (exact) mass is 412 g/mol. The lowest BCUT2D eigenvalue weighted by Gasteiger charge is -2.09. The largest absolute Gasteiger partial charge is 0.463 e. The van der Waals surface area contributed by atoms with Crippen molar-refractivity contribution in [3.8, 4) is 11.5 Å². The number of rotatable bonds is 8. The third-order valence-electron chi connectivity index (χ3n) is 3.52. The molecule has 0 aromatic heterocycles. The Kier molecular flexibility index (Phi) is 8.31. The van der Waals surface area contributed by atoms with Gasteiger partial charge in [-0.1, -0.05) is 24.3 Å². The second-order valence-electron chi connectivity index (χ2n) is 5.82. The van der Waals surface area contributed by atoms with E-state index in [-0.39, 0.29) is 30.3 Å². The maximum absolute atomic E-state index is 12.4. The summed E-state index contributed by atoms with van der Waals surface area (Å²) >= 11 is 0. The van der Waals surface area contributed by atoms with Crippen molar-refractivity contribution < 1.29 is 38.1 Å². The molecule has 30 heavy (non-hydrogen) atoms. The summed E-state index contributed by atoms with van der Waals surface area (Å²) in [5.41, 5.74) is 0.757. The number of ether oxygens (including phenoxy) is 4. The van der Waals surface area contributed by atoms with Crippen LogP contribution < -0.4 is 9.47 Å². The van der Waals surface area contributed by atoms with Crippen LogP contribution in [-0.4, -0.2) is 30.5 Å². The number of esters is 4. The normalized spacial score (nSPS) is 10.3. The van der Waals surface area contributed by atoms with Crippen molar-refractivity contribution in [2.45, 2.75) is 20.5 Å². The van der Waals surface area contributed by atoms with Gasteiger partial charge in [0.1, 0.15) is 23.7 Å². The van der Waals surface area contributed by atoms with Crippen LogP contribution in [0, 0.1) is 0 Å². The highest BCUT2D eigenvalue weighted by atomic mass is 16.6. The molecule has 0 saturated heterocycles. The minimum Gasteiger partial charge on any atom is -0.463 e. The van der Waals surface area contributed by atoms with Gasteiger partial charge in [-0.05, 0) is 36.8 Å². The molecule has 8 nitrogen and oxygen atoms in total. The van der Waals surface area contributed by atoms with Gasteiger partial charge in [0.2, 0.25) is 0 Å². The topological polar surface area (TPSA) is 105 Å². The van der Waals surface area contributed by atoms with Crippen molar-refractivity contribution in [2.24, 2.45) is 0 Å². The summed E-state index contributed by atoms with van der Waals surface area (Å²) in [6.45, 7) is 3.07. The van der Waals surface area contributed by atoms with Crippen molar-refractivity contribution in [3.05, 3.63) is 71.8 Å². The van der Waals surface area contributed by atoms with E-state index >= 15 is 0 Å². The Morgan fingerprint density at radius 1 is 0.833 bits per heavy atom. The zero-order valence-corrected chi connectivity index (χ0v) is 16.5. The third-order valence-corrected chi connectivity index (χ3v) is 3.52. The first kappa shape index (κ1) is 22.4. The van der Waals surface area contributed by atoms with E-state index in [9.17, 15) is 19.2 Å². The van der Waals surface area contributed by atoms with E-state index in [4.69, 9.17) is 14.2 Å². The minimum atomic E-state index is -0.694. The van der Waals surface area contributed by atoms with Crippen molar-refractivity contribution >= 4 is 23.9 Å². The van der Waals surface area contributed by atoms with Crippen LogP contribution in [0.1, 0.15) is 29.8 Å². The molecule has 0 aliphatic rings. The molecule has 2 aromatic rings. The molecule has 0 amide bonds. The first-order valence-corrected chi connectivity index (χ1v) is 8.99. The first-order chi connectivity index (χ1) is 14.4. The molecule has 8 heteroatoms. The zero-order chi connectivity index (χ0) is 21.9. The molecule has 0 spiro atoms. The average Bonchev–Trinajstić information content (AvgIpc) is 2.72. The quantitative estimate of drug-likeness (QED) is 0.370. The zero-order valence-electron chi connectivity index (χ0n) is 16.5.